The van der Waals surface area contributed by atoms with Gasteiger partial charge in [0, 0.05) is 23.1 Å². The van der Waals surface area contributed by atoms with Crippen LogP contribution in [0.2, 0.25) is 0 Å². The fourth-order valence-electron chi connectivity index (χ4n) is 3.96. The third-order valence-electron chi connectivity index (χ3n) is 5.63. The van der Waals surface area contributed by atoms with Crippen molar-refractivity contribution in [3.63, 3.8) is 0 Å². The molecule has 0 unspecified atom stereocenters. The second-order valence-corrected chi connectivity index (χ2v) is 7.71. The van der Waals surface area contributed by atoms with Gasteiger partial charge < -0.3 is 24.3 Å². The van der Waals surface area contributed by atoms with E-state index < -0.39 is 0 Å². The predicted octanol–water partition coefficient (Wildman–Crippen LogP) is 5.26. The summed E-state index contributed by atoms with van der Waals surface area (Å²) in [5, 5.41) is 3.80. The first-order valence-electron chi connectivity index (χ1n) is 11.3. The monoisotopic (exact) mass is 472 g/mol. The number of nitrogens with one attached hydrogen (secondary N) is 1. The van der Waals surface area contributed by atoms with Gasteiger partial charge in [0.1, 0.15) is 5.75 Å². The van der Waals surface area contributed by atoms with Crippen molar-refractivity contribution in [1.29, 1.82) is 0 Å². The van der Waals surface area contributed by atoms with E-state index in [0.29, 0.717) is 47.2 Å². The Morgan fingerprint density at radius 3 is 2.23 bits per heavy atom. The van der Waals surface area contributed by atoms with Gasteiger partial charge in [-0.25, -0.2) is 4.98 Å². The average molecular weight is 473 g/mol. The molecule has 1 heterocycles. The van der Waals surface area contributed by atoms with Crippen LogP contribution in [0.25, 0.3) is 22.2 Å². The van der Waals surface area contributed by atoms with Crippen LogP contribution in [0.15, 0.2) is 66.7 Å². The Morgan fingerprint density at radius 1 is 0.857 bits per heavy atom. The second-order valence-electron chi connectivity index (χ2n) is 7.71. The number of hydrogen-bond donors (Lipinski definition) is 1. The maximum absolute atomic E-state index is 13.4. The van der Waals surface area contributed by atoms with E-state index in [-0.39, 0.29) is 5.91 Å². The highest BCUT2D eigenvalue weighted by atomic mass is 16.5. The summed E-state index contributed by atoms with van der Waals surface area (Å²) in [7, 11) is 4.68. The summed E-state index contributed by atoms with van der Waals surface area (Å²) >= 11 is 0. The van der Waals surface area contributed by atoms with Gasteiger partial charge in [0.2, 0.25) is 5.75 Å². The molecule has 180 valence electrons. The van der Waals surface area contributed by atoms with Crippen molar-refractivity contribution in [2.45, 2.75) is 13.5 Å². The lowest BCUT2D eigenvalue weighted by Gasteiger charge is -2.15. The zero-order valence-electron chi connectivity index (χ0n) is 20.3. The van der Waals surface area contributed by atoms with E-state index >= 15 is 0 Å². The summed E-state index contributed by atoms with van der Waals surface area (Å²) in [6.45, 7) is 2.83. The van der Waals surface area contributed by atoms with Crippen LogP contribution >= 0.6 is 0 Å². The molecule has 7 heteroatoms. The number of rotatable bonds is 9. The predicted molar refractivity (Wildman–Crippen MR) is 136 cm³/mol. The van der Waals surface area contributed by atoms with Crippen LogP contribution in [0.4, 0.5) is 0 Å². The van der Waals surface area contributed by atoms with Crippen LogP contribution in [-0.4, -0.2) is 38.8 Å². The van der Waals surface area contributed by atoms with Crippen molar-refractivity contribution >= 4 is 16.8 Å². The van der Waals surface area contributed by atoms with E-state index in [1.54, 1.807) is 27.4 Å². The van der Waals surface area contributed by atoms with Crippen LogP contribution in [0.1, 0.15) is 22.8 Å². The lowest BCUT2D eigenvalue weighted by atomic mass is 10.0. The highest BCUT2D eigenvalue weighted by Crippen LogP contribution is 2.41. The minimum atomic E-state index is -0.205. The van der Waals surface area contributed by atoms with Crippen molar-refractivity contribution < 1.29 is 23.7 Å². The smallest absolute Gasteiger partial charge is 0.252 e. The first-order chi connectivity index (χ1) is 17.1. The molecule has 0 spiro atoms. The van der Waals surface area contributed by atoms with Crippen LogP contribution in [0.5, 0.6) is 23.0 Å². The lowest BCUT2D eigenvalue weighted by molar-refractivity contribution is 0.0952. The van der Waals surface area contributed by atoms with Crippen molar-refractivity contribution in [3.8, 4) is 34.3 Å². The van der Waals surface area contributed by atoms with E-state index in [1.165, 1.54) is 0 Å². The van der Waals surface area contributed by atoms with Crippen molar-refractivity contribution in [3.05, 3.63) is 77.9 Å². The molecule has 3 aromatic carbocycles. The molecule has 0 aliphatic carbocycles. The zero-order chi connectivity index (χ0) is 24.8. The summed E-state index contributed by atoms with van der Waals surface area (Å²) in [6, 6.07) is 20.7. The molecule has 0 aliphatic rings. The maximum Gasteiger partial charge on any atom is 0.252 e. The average Bonchev–Trinajstić information content (AvgIpc) is 2.91. The number of carbonyl (C=O) groups is 1. The number of methoxy groups -OCH3 is 3. The molecule has 0 aliphatic heterocycles. The number of carbonyl (C=O) groups excluding carboxylic acids is 1. The van der Waals surface area contributed by atoms with E-state index in [0.717, 1.165) is 22.3 Å². The number of pyridine rings is 1. The Bertz CT molecular complexity index is 1330. The molecule has 0 radical (unpaired) electrons. The molecule has 0 bridgehead atoms. The molecule has 1 aromatic heterocycles. The van der Waals surface area contributed by atoms with Gasteiger partial charge >= 0.3 is 0 Å². The summed E-state index contributed by atoms with van der Waals surface area (Å²) in [6.07, 6.45) is 0. The maximum atomic E-state index is 13.4. The molecule has 4 rings (SSSR count). The molecule has 0 saturated heterocycles. The van der Waals surface area contributed by atoms with E-state index in [1.807, 2.05) is 67.6 Å². The molecular weight excluding hydrogens is 444 g/mol. The summed E-state index contributed by atoms with van der Waals surface area (Å²) in [5.74, 6) is 2.06. The SMILES string of the molecule is CCOc1ccccc1CNC(=O)c1cc(-c2cc(OC)c(OC)c(OC)c2)nc2ccccc12. The number of aromatic nitrogens is 1. The number of nitrogens with zero attached hydrogens (tertiary/aromatic N) is 1. The Hall–Kier alpha value is -4.26. The normalized spacial score (nSPS) is 10.6. The van der Waals surface area contributed by atoms with Crippen LogP contribution < -0.4 is 24.3 Å². The topological polar surface area (TPSA) is 78.9 Å². The van der Waals surface area contributed by atoms with E-state index in [2.05, 4.69) is 5.32 Å². The fourth-order valence-corrected chi connectivity index (χ4v) is 3.96. The highest BCUT2D eigenvalue weighted by molar-refractivity contribution is 6.07. The van der Waals surface area contributed by atoms with Crippen LogP contribution in [0.3, 0.4) is 0 Å². The minimum absolute atomic E-state index is 0.205. The number of fused-ring (bicyclic) bond motifs is 1. The minimum Gasteiger partial charge on any atom is -0.494 e. The van der Waals surface area contributed by atoms with Crippen molar-refractivity contribution in [2.24, 2.45) is 0 Å². The number of amides is 1. The molecule has 4 aromatic rings. The van der Waals surface area contributed by atoms with Gasteiger partial charge in [-0.2, -0.15) is 0 Å². The Kier molecular flexibility index (Phi) is 7.35. The lowest BCUT2D eigenvalue weighted by Crippen LogP contribution is -2.23. The summed E-state index contributed by atoms with van der Waals surface area (Å²) in [4.78, 5) is 18.2. The quantitative estimate of drug-likeness (QED) is 0.358. The second kappa shape index (κ2) is 10.8. The van der Waals surface area contributed by atoms with Gasteiger partial charge in [0.25, 0.3) is 5.91 Å². The van der Waals surface area contributed by atoms with Crippen LogP contribution in [-0.2, 0) is 6.54 Å². The van der Waals surface area contributed by atoms with Gasteiger partial charge in [0.05, 0.1) is 44.7 Å². The number of hydrogen-bond acceptors (Lipinski definition) is 6. The van der Waals surface area contributed by atoms with Gasteiger partial charge in [-0.05, 0) is 37.3 Å². The standard InChI is InChI=1S/C28H28N2O5/c1-5-35-24-13-9-6-10-18(24)17-29-28(31)21-16-23(30-22-12-8-7-11-20(21)22)19-14-25(32-2)27(34-4)26(15-19)33-3/h6-16H,5,17H2,1-4H3,(H,29,31). The zero-order valence-corrected chi connectivity index (χ0v) is 20.3. The third-order valence-corrected chi connectivity index (χ3v) is 5.63. The highest BCUT2D eigenvalue weighted by Gasteiger charge is 2.18. The molecule has 7 nitrogen and oxygen atoms in total. The number of benzene rings is 3. The molecular formula is C28H28N2O5. The van der Waals surface area contributed by atoms with Crippen molar-refractivity contribution in [1.82, 2.24) is 10.3 Å². The Balaban J connectivity index is 1.74. The van der Waals surface area contributed by atoms with Crippen LogP contribution in [0, 0.1) is 0 Å². The van der Waals surface area contributed by atoms with E-state index in [9.17, 15) is 4.79 Å². The number of para-hydroxylation sites is 2. The molecule has 0 fully saturated rings. The fraction of sp³-hybridized carbons (Fsp3) is 0.214. The third kappa shape index (κ3) is 4.99. The summed E-state index contributed by atoms with van der Waals surface area (Å²) < 4.78 is 22.1. The Morgan fingerprint density at radius 2 is 1.54 bits per heavy atom. The largest absolute Gasteiger partial charge is 0.494 e. The molecule has 35 heavy (non-hydrogen) atoms. The first-order valence-corrected chi connectivity index (χ1v) is 11.3. The molecule has 0 atom stereocenters. The Labute approximate surface area is 204 Å². The van der Waals surface area contributed by atoms with Gasteiger partial charge in [-0.3, -0.25) is 4.79 Å². The van der Waals surface area contributed by atoms with Crippen molar-refractivity contribution in [2.75, 3.05) is 27.9 Å². The van der Waals surface area contributed by atoms with E-state index in [4.69, 9.17) is 23.9 Å². The summed E-state index contributed by atoms with van der Waals surface area (Å²) in [5.41, 5.74) is 3.49. The molecule has 1 amide bonds. The van der Waals surface area contributed by atoms with Gasteiger partial charge in [0.15, 0.2) is 11.5 Å². The molecule has 0 saturated carbocycles. The number of ether oxygens (including phenoxy) is 4. The first kappa shape index (κ1) is 23.9. The van der Waals surface area contributed by atoms with Gasteiger partial charge in [-0.1, -0.05) is 36.4 Å². The molecule has 1 N–H and O–H groups in total. The van der Waals surface area contributed by atoms with Gasteiger partial charge in [-0.15, -0.1) is 0 Å².